The molecule has 3 heterocycles. The third-order valence-corrected chi connectivity index (χ3v) is 5.43. The molecule has 0 atom stereocenters. The summed E-state index contributed by atoms with van der Waals surface area (Å²) in [6.45, 7) is 5.62. The number of aliphatic carboxylic acids is 1. The Morgan fingerprint density at radius 3 is 2.46 bits per heavy atom. The summed E-state index contributed by atoms with van der Waals surface area (Å²) in [7, 11) is 0. The van der Waals surface area contributed by atoms with Gasteiger partial charge in [0.2, 0.25) is 0 Å². The van der Waals surface area contributed by atoms with Gasteiger partial charge in [0, 0.05) is 24.5 Å². The van der Waals surface area contributed by atoms with E-state index in [2.05, 4.69) is 45.4 Å². The van der Waals surface area contributed by atoms with Crippen LogP contribution in [0.2, 0.25) is 0 Å². The van der Waals surface area contributed by atoms with Crippen molar-refractivity contribution >= 4 is 22.8 Å². The maximum absolute atomic E-state index is 11.2. The van der Waals surface area contributed by atoms with E-state index in [0.29, 0.717) is 25.9 Å². The van der Waals surface area contributed by atoms with Gasteiger partial charge < -0.3 is 10.0 Å². The first kappa shape index (κ1) is 16.6. The second-order valence-corrected chi connectivity index (χ2v) is 6.88. The number of fused-ring (bicyclic) bond motifs is 1. The molecule has 1 aliphatic rings. The van der Waals surface area contributed by atoms with Crippen LogP contribution in [0, 0.1) is 19.8 Å². The smallest absolute Gasteiger partial charge is 0.306 e. The van der Waals surface area contributed by atoms with Gasteiger partial charge in [-0.3, -0.25) is 9.36 Å². The Bertz CT molecular complexity index is 957. The number of aromatic nitrogens is 3. The molecule has 6 nitrogen and oxygen atoms in total. The van der Waals surface area contributed by atoms with Gasteiger partial charge in [-0.15, -0.1) is 0 Å². The summed E-state index contributed by atoms with van der Waals surface area (Å²) in [5.74, 6) is -0.0332. The molecular formula is C20H22N4O2. The normalized spacial score (nSPS) is 15.5. The fourth-order valence-corrected chi connectivity index (χ4v) is 3.85. The van der Waals surface area contributed by atoms with Crippen LogP contribution >= 0.6 is 0 Å². The van der Waals surface area contributed by atoms with Crippen LogP contribution in [-0.2, 0) is 4.79 Å². The molecule has 0 aliphatic carbocycles. The molecule has 134 valence electrons. The number of para-hydroxylation sites is 1. The van der Waals surface area contributed by atoms with Gasteiger partial charge in [-0.05, 0) is 44.4 Å². The molecule has 1 aliphatic heterocycles. The van der Waals surface area contributed by atoms with Crippen molar-refractivity contribution in [3.05, 3.63) is 47.9 Å². The number of carboxylic acids is 1. The van der Waals surface area contributed by atoms with Crippen LogP contribution in [0.25, 0.3) is 16.7 Å². The van der Waals surface area contributed by atoms with Gasteiger partial charge in [0.05, 0.1) is 11.3 Å². The molecule has 1 fully saturated rings. The number of carboxylic acid groups (broad SMARTS) is 1. The van der Waals surface area contributed by atoms with E-state index in [-0.39, 0.29) is 5.92 Å². The zero-order chi connectivity index (χ0) is 18.3. The highest BCUT2D eigenvalue weighted by atomic mass is 16.4. The second kappa shape index (κ2) is 6.44. The molecule has 2 aromatic heterocycles. The predicted octanol–water partition coefficient (Wildman–Crippen LogP) is 3.34. The van der Waals surface area contributed by atoms with Crippen molar-refractivity contribution in [3.63, 3.8) is 0 Å². The third kappa shape index (κ3) is 2.62. The van der Waals surface area contributed by atoms with Crippen LogP contribution in [0.5, 0.6) is 0 Å². The lowest BCUT2D eigenvalue weighted by atomic mass is 9.97. The number of anilines is 1. The van der Waals surface area contributed by atoms with Crippen LogP contribution < -0.4 is 4.90 Å². The predicted molar refractivity (Wildman–Crippen MR) is 101 cm³/mol. The summed E-state index contributed by atoms with van der Waals surface area (Å²) in [6, 6.07) is 10.2. The second-order valence-electron chi connectivity index (χ2n) is 6.88. The van der Waals surface area contributed by atoms with Gasteiger partial charge in [-0.2, -0.15) is 0 Å². The van der Waals surface area contributed by atoms with Crippen molar-refractivity contribution < 1.29 is 9.90 Å². The Labute approximate surface area is 152 Å². The minimum Gasteiger partial charge on any atom is -0.481 e. The Kier molecular flexibility index (Phi) is 4.11. The number of benzene rings is 1. The van der Waals surface area contributed by atoms with Crippen LogP contribution in [0.3, 0.4) is 0 Å². The summed E-state index contributed by atoms with van der Waals surface area (Å²) in [6.07, 6.45) is 2.91. The third-order valence-electron chi connectivity index (χ3n) is 5.43. The molecule has 3 aromatic rings. The number of aryl methyl sites for hydroxylation is 1. The SMILES string of the molecule is Cc1c(C)n(-c2ccccc2)c2ncnc(N3CCC(C(=O)O)CC3)c12. The number of rotatable bonds is 3. The van der Waals surface area contributed by atoms with Gasteiger partial charge in [0.25, 0.3) is 0 Å². The van der Waals surface area contributed by atoms with Crippen LogP contribution in [0.4, 0.5) is 5.82 Å². The molecule has 26 heavy (non-hydrogen) atoms. The van der Waals surface area contributed by atoms with Gasteiger partial charge in [0.1, 0.15) is 12.1 Å². The molecule has 0 bridgehead atoms. The largest absolute Gasteiger partial charge is 0.481 e. The molecule has 0 radical (unpaired) electrons. The number of piperidine rings is 1. The van der Waals surface area contributed by atoms with Crippen molar-refractivity contribution in [2.45, 2.75) is 26.7 Å². The topological polar surface area (TPSA) is 71.2 Å². The number of nitrogens with zero attached hydrogens (tertiary/aromatic N) is 4. The zero-order valence-corrected chi connectivity index (χ0v) is 15.0. The molecule has 0 saturated carbocycles. The Morgan fingerprint density at radius 2 is 1.81 bits per heavy atom. The summed E-state index contributed by atoms with van der Waals surface area (Å²) in [5.41, 5.74) is 4.29. The highest BCUT2D eigenvalue weighted by molar-refractivity contribution is 5.93. The fraction of sp³-hybridized carbons (Fsp3) is 0.350. The summed E-state index contributed by atoms with van der Waals surface area (Å²) in [5, 5.41) is 10.3. The van der Waals surface area contributed by atoms with Gasteiger partial charge in [-0.25, -0.2) is 9.97 Å². The molecule has 0 amide bonds. The van der Waals surface area contributed by atoms with Gasteiger partial charge in [-0.1, -0.05) is 18.2 Å². The van der Waals surface area contributed by atoms with E-state index < -0.39 is 5.97 Å². The summed E-state index contributed by atoms with van der Waals surface area (Å²) >= 11 is 0. The average Bonchev–Trinajstić information content (AvgIpc) is 2.93. The van der Waals surface area contributed by atoms with Crippen molar-refractivity contribution in [1.82, 2.24) is 14.5 Å². The standard InChI is InChI=1S/C20H22N4O2/c1-13-14(2)24(16-6-4-3-5-7-16)19-17(13)18(21-12-22-19)23-10-8-15(9-11-23)20(25)26/h3-7,12,15H,8-11H2,1-2H3,(H,25,26). The molecule has 0 spiro atoms. The van der Waals surface area contributed by atoms with Gasteiger partial charge in [0.15, 0.2) is 5.65 Å². The quantitative estimate of drug-likeness (QED) is 0.784. The molecular weight excluding hydrogens is 328 g/mol. The van der Waals surface area contributed by atoms with E-state index in [1.165, 1.54) is 5.56 Å². The Morgan fingerprint density at radius 1 is 1.12 bits per heavy atom. The van der Waals surface area contributed by atoms with E-state index in [1.807, 2.05) is 18.2 Å². The minimum absolute atomic E-state index is 0.250. The lowest BCUT2D eigenvalue weighted by Gasteiger charge is -2.31. The molecule has 0 unspecified atom stereocenters. The lowest BCUT2D eigenvalue weighted by Crippen LogP contribution is -2.36. The van der Waals surface area contributed by atoms with E-state index >= 15 is 0 Å². The van der Waals surface area contributed by atoms with Crippen LogP contribution in [0.1, 0.15) is 24.1 Å². The highest BCUT2D eigenvalue weighted by Gasteiger charge is 2.27. The maximum atomic E-state index is 11.2. The van der Waals surface area contributed by atoms with E-state index in [9.17, 15) is 9.90 Å². The molecule has 4 rings (SSSR count). The van der Waals surface area contributed by atoms with Crippen molar-refractivity contribution in [3.8, 4) is 5.69 Å². The fourth-order valence-electron chi connectivity index (χ4n) is 3.85. The van der Waals surface area contributed by atoms with Crippen molar-refractivity contribution in [2.75, 3.05) is 18.0 Å². The molecule has 1 N–H and O–H groups in total. The molecule has 1 saturated heterocycles. The number of hydrogen-bond donors (Lipinski definition) is 1. The zero-order valence-electron chi connectivity index (χ0n) is 15.0. The van der Waals surface area contributed by atoms with E-state index in [1.54, 1.807) is 6.33 Å². The van der Waals surface area contributed by atoms with Crippen molar-refractivity contribution in [2.24, 2.45) is 5.92 Å². The van der Waals surface area contributed by atoms with Crippen LogP contribution in [-0.4, -0.2) is 38.7 Å². The number of hydrogen-bond acceptors (Lipinski definition) is 4. The van der Waals surface area contributed by atoms with E-state index in [4.69, 9.17) is 0 Å². The summed E-state index contributed by atoms with van der Waals surface area (Å²) in [4.78, 5) is 22.6. The average molecular weight is 350 g/mol. The van der Waals surface area contributed by atoms with E-state index in [0.717, 1.165) is 28.2 Å². The Hall–Kier alpha value is -2.89. The first-order valence-corrected chi connectivity index (χ1v) is 8.93. The van der Waals surface area contributed by atoms with Crippen LogP contribution in [0.15, 0.2) is 36.7 Å². The minimum atomic E-state index is -0.695. The monoisotopic (exact) mass is 350 g/mol. The summed E-state index contributed by atoms with van der Waals surface area (Å²) < 4.78 is 2.17. The lowest BCUT2D eigenvalue weighted by molar-refractivity contribution is -0.142. The first-order valence-electron chi connectivity index (χ1n) is 8.93. The maximum Gasteiger partial charge on any atom is 0.306 e. The van der Waals surface area contributed by atoms with Gasteiger partial charge >= 0.3 is 5.97 Å². The number of carbonyl (C=O) groups is 1. The molecule has 1 aromatic carbocycles. The highest BCUT2D eigenvalue weighted by Crippen LogP contribution is 2.34. The van der Waals surface area contributed by atoms with Crippen molar-refractivity contribution in [1.29, 1.82) is 0 Å². The first-order chi connectivity index (χ1) is 12.6. The Balaban J connectivity index is 1.80. The molecule has 6 heteroatoms.